The molecule has 5 rings (SSSR count). The van der Waals surface area contributed by atoms with Crippen molar-refractivity contribution in [1.29, 1.82) is 0 Å². The molecule has 3 aromatic rings. The molecule has 1 amide bonds. The molecule has 1 aromatic heterocycles. The van der Waals surface area contributed by atoms with E-state index in [4.69, 9.17) is 19.2 Å². The van der Waals surface area contributed by atoms with Gasteiger partial charge in [0.25, 0.3) is 5.91 Å². The average molecular weight is 546 g/mol. The van der Waals surface area contributed by atoms with Gasteiger partial charge in [0, 0.05) is 31.3 Å². The van der Waals surface area contributed by atoms with Crippen molar-refractivity contribution < 1.29 is 27.4 Å². The number of carbonyl (C=O) groups excluding carboxylic acids is 1. The lowest BCUT2D eigenvalue weighted by molar-refractivity contribution is -0.0440. The van der Waals surface area contributed by atoms with Gasteiger partial charge in [0.05, 0.1) is 47.1 Å². The zero-order valence-corrected chi connectivity index (χ0v) is 22.8. The van der Waals surface area contributed by atoms with Crippen molar-refractivity contribution >= 4 is 42.6 Å². The number of carbonyl (C=O) groups is 1. The van der Waals surface area contributed by atoms with Gasteiger partial charge in [0.2, 0.25) is 10.0 Å². The quantitative estimate of drug-likeness (QED) is 0.444. The molecule has 2 aliphatic heterocycles. The third-order valence-corrected chi connectivity index (χ3v) is 9.50. The van der Waals surface area contributed by atoms with Crippen LogP contribution < -0.4 is 9.64 Å². The summed E-state index contributed by atoms with van der Waals surface area (Å²) in [6.07, 6.45) is 1.39. The number of rotatable bonds is 7. The zero-order valence-electron chi connectivity index (χ0n) is 21.1. The maximum absolute atomic E-state index is 13.7. The Bertz CT molecular complexity index is 1360. The van der Waals surface area contributed by atoms with E-state index in [0.717, 1.165) is 23.1 Å². The molecule has 37 heavy (non-hydrogen) atoms. The van der Waals surface area contributed by atoms with Crippen LogP contribution in [0.15, 0.2) is 47.4 Å². The van der Waals surface area contributed by atoms with E-state index < -0.39 is 10.0 Å². The molecule has 2 saturated heterocycles. The van der Waals surface area contributed by atoms with Crippen LogP contribution in [0.4, 0.5) is 5.13 Å². The summed E-state index contributed by atoms with van der Waals surface area (Å²) in [6, 6.07) is 11.8. The Hall–Kier alpha value is -2.57. The van der Waals surface area contributed by atoms with Crippen LogP contribution in [0.3, 0.4) is 0 Å². The van der Waals surface area contributed by atoms with Gasteiger partial charge in [-0.1, -0.05) is 11.3 Å². The Balaban J connectivity index is 1.42. The Kier molecular flexibility index (Phi) is 7.51. The Morgan fingerprint density at radius 1 is 1.16 bits per heavy atom. The van der Waals surface area contributed by atoms with E-state index in [1.807, 2.05) is 32.0 Å². The van der Waals surface area contributed by atoms with E-state index in [0.29, 0.717) is 42.7 Å². The van der Waals surface area contributed by atoms with Crippen LogP contribution in [0.5, 0.6) is 5.75 Å². The van der Waals surface area contributed by atoms with Crippen molar-refractivity contribution in [2.75, 3.05) is 38.3 Å². The van der Waals surface area contributed by atoms with Crippen LogP contribution in [0.1, 0.15) is 37.0 Å². The third kappa shape index (κ3) is 5.51. The number of amides is 1. The average Bonchev–Trinajstić information content (AvgIpc) is 3.55. The molecule has 0 radical (unpaired) electrons. The molecular formula is C26H31N3O6S2. The molecule has 2 aliphatic rings. The summed E-state index contributed by atoms with van der Waals surface area (Å²) in [5.41, 5.74) is 1.14. The highest BCUT2D eigenvalue weighted by Crippen LogP contribution is 2.33. The van der Waals surface area contributed by atoms with Crippen LogP contribution in [-0.2, 0) is 19.5 Å². The van der Waals surface area contributed by atoms with Gasteiger partial charge in [-0.25, -0.2) is 13.4 Å². The first-order valence-corrected chi connectivity index (χ1v) is 14.6. The van der Waals surface area contributed by atoms with Gasteiger partial charge in [-0.15, -0.1) is 0 Å². The monoisotopic (exact) mass is 545 g/mol. The number of morpholine rings is 1. The fraction of sp³-hybridized carbons (Fsp3) is 0.462. The SMILES string of the molecule is COc1ccc2sc(N(CC3CCCO3)C(=O)c3ccc(S(=O)(=O)N4CC(C)OC(C)C4)cc3)nc2c1. The predicted octanol–water partition coefficient (Wildman–Crippen LogP) is 3.93. The van der Waals surface area contributed by atoms with Gasteiger partial charge in [-0.05, 0) is 63.1 Å². The zero-order chi connectivity index (χ0) is 26.2. The number of sulfonamides is 1. The molecule has 3 atom stereocenters. The maximum Gasteiger partial charge on any atom is 0.260 e. The molecule has 0 saturated carbocycles. The van der Waals surface area contributed by atoms with Crippen molar-refractivity contribution in [3.8, 4) is 5.75 Å². The van der Waals surface area contributed by atoms with Gasteiger partial charge in [-0.2, -0.15) is 4.31 Å². The van der Waals surface area contributed by atoms with Crippen molar-refractivity contribution in [3.05, 3.63) is 48.0 Å². The second-order valence-corrected chi connectivity index (χ2v) is 12.4. The molecule has 198 valence electrons. The van der Waals surface area contributed by atoms with E-state index in [2.05, 4.69) is 0 Å². The largest absolute Gasteiger partial charge is 0.497 e. The lowest BCUT2D eigenvalue weighted by Crippen LogP contribution is -2.48. The summed E-state index contributed by atoms with van der Waals surface area (Å²) in [5, 5.41) is 0.566. The Morgan fingerprint density at radius 3 is 2.54 bits per heavy atom. The molecule has 3 unspecified atom stereocenters. The first-order valence-electron chi connectivity index (χ1n) is 12.4. The molecule has 2 fully saturated rings. The number of fused-ring (bicyclic) bond motifs is 1. The molecule has 0 aliphatic carbocycles. The number of thiazole rings is 1. The molecule has 11 heteroatoms. The van der Waals surface area contributed by atoms with Crippen molar-refractivity contribution in [2.45, 2.75) is 49.9 Å². The van der Waals surface area contributed by atoms with E-state index in [1.54, 1.807) is 24.1 Å². The van der Waals surface area contributed by atoms with Crippen LogP contribution in [0.2, 0.25) is 0 Å². The minimum atomic E-state index is -3.70. The van der Waals surface area contributed by atoms with Gasteiger partial charge in [-0.3, -0.25) is 9.69 Å². The lowest BCUT2D eigenvalue weighted by atomic mass is 10.2. The number of hydrogen-bond acceptors (Lipinski definition) is 8. The van der Waals surface area contributed by atoms with Gasteiger partial charge < -0.3 is 14.2 Å². The Morgan fingerprint density at radius 2 is 1.89 bits per heavy atom. The summed E-state index contributed by atoms with van der Waals surface area (Å²) in [4.78, 5) is 20.2. The fourth-order valence-corrected chi connectivity index (χ4v) is 7.32. The van der Waals surface area contributed by atoms with E-state index in [1.165, 1.54) is 27.8 Å². The smallest absolute Gasteiger partial charge is 0.260 e. The number of ether oxygens (including phenoxy) is 3. The normalized spacial score (nSPS) is 22.8. The highest BCUT2D eigenvalue weighted by molar-refractivity contribution is 7.89. The van der Waals surface area contributed by atoms with Crippen LogP contribution in [-0.4, -0.2) is 75.3 Å². The highest BCUT2D eigenvalue weighted by atomic mass is 32.2. The third-order valence-electron chi connectivity index (χ3n) is 6.59. The predicted molar refractivity (Wildman–Crippen MR) is 142 cm³/mol. The minimum Gasteiger partial charge on any atom is -0.497 e. The second kappa shape index (κ2) is 10.7. The van der Waals surface area contributed by atoms with E-state index in [-0.39, 0.29) is 29.1 Å². The van der Waals surface area contributed by atoms with Crippen LogP contribution >= 0.6 is 11.3 Å². The van der Waals surface area contributed by atoms with E-state index in [9.17, 15) is 13.2 Å². The van der Waals surface area contributed by atoms with Crippen molar-refractivity contribution in [1.82, 2.24) is 9.29 Å². The van der Waals surface area contributed by atoms with Crippen molar-refractivity contribution in [2.24, 2.45) is 0 Å². The number of methoxy groups -OCH3 is 1. The maximum atomic E-state index is 13.7. The summed E-state index contributed by atoms with van der Waals surface area (Å²) in [6.45, 7) is 5.37. The molecule has 2 aromatic carbocycles. The van der Waals surface area contributed by atoms with Gasteiger partial charge >= 0.3 is 0 Å². The highest BCUT2D eigenvalue weighted by Gasteiger charge is 2.33. The number of nitrogens with zero attached hydrogens (tertiary/aromatic N) is 3. The standard InChI is InChI=1S/C26H31N3O6S2/c1-17-14-28(15-18(2)35-17)37(31,32)22-9-6-19(7-10-22)25(30)29(16-21-5-4-12-34-21)26-27-23-13-20(33-3)8-11-24(23)36-26/h6-11,13,17-18,21H,4-5,12,14-16H2,1-3H3. The summed E-state index contributed by atoms with van der Waals surface area (Å²) >= 11 is 1.43. The first-order chi connectivity index (χ1) is 17.7. The topological polar surface area (TPSA) is 98.3 Å². The molecule has 9 nitrogen and oxygen atoms in total. The molecular weight excluding hydrogens is 514 g/mol. The number of hydrogen-bond donors (Lipinski definition) is 0. The second-order valence-electron chi connectivity index (χ2n) is 9.48. The summed E-state index contributed by atoms with van der Waals surface area (Å²) in [5.74, 6) is 0.446. The molecule has 0 bridgehead atoms. The number of anilines is 1. The van der Waals surface area contributed by atoms with Crippen LogP contribution in [0.25, 0.3) is 10.2 Å². The van der Waals surface area contributed by atoms with Crippen LogP contribution in [0, 0.1) is 0 Å². The first kappa shape index (κ1) is 26.1. The fourth-order valence-electron chi connectivity index (χ4n) is 4.78. The molecule has 0 N–H and O–H groups in total. The number of benzene rings is 2. The van der Waals surface area contributed by atoms with Crippen molar-refractivity contribution in [3.63, 3.8) is 0 Å². The van der Waals surface area contributed by atoms with Gasteiger partial charge in [0.15, 0.2) is 5.13 Å². The molecule has 0 spiro atoms. The number of aromatic nitrogens is 1. The molecule has 3 heterocycles. The van der Waals surface area contributed by atoms with Gasteiger partial charge in [0.1, 0.15) is 5.75 Å². The summed E-state index contributed by atoms with van der Waals surface area (Å²) in [7, 11) is -2.10. The minimum absolute atomic E-state index is 0.0737. The Labute approximate surface area is 221 Å². The van der Waals surface area contributed by atoms with E-state index >= 15 is 0 Å². The summed E-state index contributed by atoms with van der Waals surface area (Å²) < 4.78 is 45.7. The lowest BCUT2D eigenvalue weighted by Gasteiger charge is -2.34.